The van der Waals surface area contributed by atoms with E-state index in [4.69, 9.17) is 4.74 Å². The van der Waals surface area contributed by atoms with E-state index in [1.807, 2.05) is 42.5 Å². The fourth-order valence-corrected chi connectivity index (χ4v) is 2.15. The maximum Gasteiger partial charge on any atom is 0.255 e. The third-order valence-electron chi connectivity index (χ3n) is 3.41. The van der Waals surface area contributed by atoms with Gasteiger partial charge in [-0.2, -0.15) is 0 Å². The van der Waals surface area contributed by atoms with Crippen LogP contribution >= 0.6 is 0 Å². The molecule has 0 bridgehead atoms. The van der Waals surface area contributed by atoms with E-state index in [9.17, 15) is 4.79 Å². The maximum atomic E-state index is 12.1. The van der Waals surface area contributed by atoms with Crippen molar-refractivity contribution in [2.45, 2.75) is 32.6 Å². The van der Waals surface area contributed by atoms with Crippen molar-refractivity contribution in [1.82, 2.24) is 0 Å². The van der Waals surface area contributed by atoms with Gasteiger partial charge < -0.3 is 10.1 Å². The lowest BCUT2D eigenvalue weighted by molar-refractivity contribution is 0.102. The average Bonchev–Trinajstić information content (AvgIpc) is 2.56. The van der Waals surface area contributed by atoms with Crippen LogP contribution in [0, 0.1) is 0 Å². The van der Waals surface area contributed by atoms with Gasteiger partial charge in [-0.05, 0) is 42.8 Å². The highest BCUT2D eigenvalue weighted by molar-refractivity contribution is 6.04. The molecule has 0 atom stereocenters. The molecule has 0 radical (unpaired) electrons. The molecule has 2 rings (SSSR count). The molecule has 3 nitrogen and oxygen atoms in total. The summed E-state index contributed by atoms with van der Waals surface area (Å²) in [4.78, 5) is 12.1. The second-order valence-corrected chi connectivity index (χ2v) is 5.25. The summed E-state index contributed by atoms with van der Waals surface area (Å²) in [6.45, 7) is 2.93. The number of amides is 1. The SMILES string of the molecule is CCCCCCOc1ccc(C(=O)Nc2ccccc2)cc1. The summed E-state index contributed by atoms with van der Waals surface area (Å²) in [5, 5.41) is 2.86. The van der Waals surface area contributed by atoms with Crippen LogP contribution in [0.15, 0.2) is 54.6 Å². The zero-order valence-electron chi connectivity index (χ0n) is 13.0. The highest BCUT2D eigenvalue weighted by atomic mass is 16.5. The third-order valence-corrected chi connectivity index (χ3v) is 3.41. The van der Waals surface area contributed by atoms with Crippen LogP contribution in [0.25, 0.3) is 0 Å². The van der Waals surface area contributed by atoms with Crippen molar-refractivity contribution in [2.75, 3.05) is 11.9 Å². The van der Waals surface area contributed by atoms with E-state index in [-0.39, 0.29) is 5.91 Å². The Labute approximate surface area is 132 Å². The smallest absolute Gasteiger partial charge is 0.255 e. The summed E-state index contributed by atoms with van der Waals surface area (Å²) in [5.74, 6) is 0.702. The molecule has 3 heteroatoms. The summed E-state index contributed by atoms with van der Waals surface area (Å²) in [6.07, 6.45) is 4.76. The number of rotatable bonds is 8. The largest absolute Gasteiger partial charge is 0.494 e. The van der Waals surface area contributed by atoms with E-state index in [2.05, 4.69) is 12.2 Å². The van der Waals surface area contributed by atoms with E-state index in [1.54, 1.807) is 12.1 Å². The van der Waals surface area contributed by atoms with E-state index in [0.717, 1.165) is 24.5 Å². The molecule has 0 saturated heterocycles. The lowest BCUT2D eigenvalue weighted by Crippen LogP contribution is -2.11. The molecule has 0 fully saturated rings. The Bertz CT molecular complexity index is 564. The molecular formula is C19H23NO2. The zero-order valence-corrected chi connectivity index (χ0v) is 13.0. The minimum atomic E-state index is -0.110. The van der Waals surface area contributed by atoms with Gasteiger partial charge in [0.2, 0.25) is 0 Å². The van der Waals surface area contributed by atoms with Crippen molar-refractivity contribution in [3.8, 4) is 5.75 Å². The number of unbranched alkanes of at least 4 members (excludes halogenated alkanes) is 3. The van der Waals surface area contributed by atoms with Gasteiger partial charge in [0.25, 0.3) is 5.91 Å². The summed E-state index contributed by atoms with van der Waals surface area (Å²) in [7, 11) is 0. The van der Waals surface area contributed by atoms with Crippen LogP contribution < -0.4 is 10.1 Å². The van der Waals surface area contributed by atoms with Crippen molar-refractivity contribution < 1.29 is 9.53 Å². The number of anilines is 1. The first kappa shape index (κ1) is 16.1. The van der Waals surface area contributed by atoms with Gasteiger partial charge in [-0.1, -0.05) is 44.4 Å². The fourth-order valence-electron chi connectivity index (χ4n) is 2.15. The molecule has 22 heavy (non-hydrogen) atoms. The Morgan fingerprint density at radius 2 is 1.68 bits per heavy atom. The number of ether oxygens (including phenoxy) is 1. The minimum absolute atomic E-state index is 0.110. The van der Waals surface area contributed by atoms with Gasteiger partial charge in [-0.15, -0.1) is 0 Å². The van der Waals surface area contributed by atoms with Crippen molar-refractivity contribution in [1.29, 1.82) is 0 Å². The van der Waals surface area contributed by atoms with Gasteiger partial charge in [-0.3, -0.25) is 4.79 Å². The first-order valence-electron chi connectivity index (χ1n) is 7.89. The molecule has 2 aromatic carbocycles. The van der Waals surface area contributed by atoms with E-state index >= 15 is 0 Å². The van der Waals surface area contributed by atoms with Crippen LogP contribution in [0.5, 0.6) is 5.75 Å². The number of carbonyl (C=O) groups excluding carboxylic acids is 1. The number of hydrogen-bond acceptors (Lipinski definition) is 2. The standard InChI is InChI=1S/C19H23NO2/c1-2-3-4-8-15-22-18-13-11-16(12-14-18)19(21)20-17-9-6-5-7-10-17/h5-7,9-14H,2-4,8,15H2,1H3,(H,20,21). The molecule has 116 valence electrons. The Morgan fingerprint density at radius 3 is 2.36 bits per heavy atom. The Morgan fingerprint density at radius 1 is 0.955 bits per heavy atom. The van der Waals surface area contributed by atoms with Crippen LogP contribution in [0.4, 0.5) is 5.69 Å². The predicted octanol–water partition coefficient (Wildman–Crippen LogP) is 4.90. The molecule has 1 amide bonds. The summed E-state index contributed by atoms with van der Waals surface area (Å²) >= 11 is 0. The van der Waals surface area contributed by atoms with Crippen LogP contribution in [0.1, 0.15) is 43.0 Å². The van der Waals surface area contributed by atoms with E-state index < -0.39 is 0 Å². The number of nitrogens with one attached hydrogen (secondary N) is 1. The minimum Gasteiger partial charge on any atom is -0.494 e. The quantitative estimate of drug-likeness (QED) is 0.704. The van der Waals surface area contributed by atoms with Gasteiger partial charge >= 0.3 is 0 Å². The van der Waals surface area contributed by atoms with Crippen LogP contribution in [0.3, 0.4) is 0 Å². The molecule has 1 N–H and O–H groups in total. The van der Waals surface area contributed by atoms with Gasteiger partial charge in [0.15, 0.2) is 0 Å². The number of para-hydroxylation sites is 1. The molecule has 0 saturated carbocycles. The molecule has 0 aliphatic carbocycles. The van der Waals surface area contributed by atoms with Gasteiger partial charge in [-0.25, -0.2) is 0 Å². The monoisotopic (exact) mass is 297 g/mol. The fraction of sp³-hybridized carbons (Fsp3) is 0.316. The van der Waals surface area contributed by atoms with Crippen molar-refractivity contribution in [2.24, 2.45) is 0 Å². The van der Waals surface area contributed by atoms with Gasteiger partial charge in [0, 0.05) is 11.3 Å². The third kappa shape index (κ3) is 5.24. The van der Waals surface area contributed by atoms with E-state index in [0.29, 0.717) is 5.56 Å². The average molecular weight is 297 g/mol. The van der Waals surface area contributed by atoms with Gasteiger partial charge in [0.05, 0.1) is 6.61 Å². The lowest BCUT2D eigenvalue weighted by Gasteiger charge is -2.08. The molecule has 0 aliphatic rings. The Kier molecular flexibility index (Phi) is 6.49. The highest BCUT2D eigenvalue weighted by Crippen LogP contribution is 2.15. The van der Waals surface area contributed by atoms with Crippen molar-refractivity contribution >= 4 is 11.6 Å². The normalized spacial score (nSPS) is 10.2. The number of carbonyl (C=O) groups is 1. The zero-order chi connectivity index (χ0) is 15.6. The Balaban J connectivity index is 1.82. The molecule has 0 spiro atoms. The molecule has 0 unspecified atom stereocenters. The second-order valence-electron chi connectivity index (χ2n) is 5.25. The van der Waals surface area contributed by atoms with Crippen LogP contribution in [0.2, 0.25) is 0 Å². The summed E-state index contributed by atoms with van der Waals surface area (Å²) < 4.78 is 5.67. The summed E-state index contributed by atoms with van der Waals surface area (Å²) in [6, 6.07) is 16.7. The molecular weight excluding hydrogens is 274 g/mol. The lowest BCUT2D eigenvalue weighted by atomic mass is 10.2. The van der Waals surface area contributed by atoms with Crippen LogP contribution in [-0.2, 0) is 0 Å². The van der Waals surface area contributed by atoms with Crippen LogP contribution in [-0.4, -0.2) is 12.5 Å². The second kappa shape index (κ2) is 8.88. The van der Waals surface area contributed by atoms with Gasteiger partial charge in [0.1, 0.15) is 5.75 Å². The molecule has 2 aromatic rings. The Hall–Kier alpha value is -2.29. The topological polar surface area (TPSA) is 38.3 Å². The van der Waals surface area contributed by atoms with E-state index in [1.165, 1.54) is 19.3 Å². The number of hydrogen-bond donors (Lipinski definition) is 1. The molecule has 0 heterocycles. The first-order valence-corrected chi connectivity index (χ1v) is 7.89. The molecule has 0 aromatic heterocycles. The molecule has 0 aliphatic heterocycles. The van der Waals surface area contributed by atoms with Crippen molar-refractivity contribution in [3.63, 3.8) is 0 Å². The van der Waals surface area contributed by atoms with Crippen molar-refractivity contribution in [3.05, 3.63) is 60.2 Å². The number of benzene rings is 2. The summed E-state index contributed by atoms with van der Waals surface area (Å²) in [5.41, 5.74) is 1.42. The first-order chi connectivity index (χ1) is 10.8. The predicted molar refractivity (Wildman–Crippen MR) is 90.5 cm³/mol. The highest BCUT2D eigenvalue weighted by Gasteiger charge is 2.05. The maximum absolute atomic E-state index is 12.1.